The number of rotatable bonds is 6. The fourth-order valence-corrected chi connectivity index (χ4v) is 0.524. The van der Waals surface area contributed by atoms with Gasteiger partial charge in [0.1, 0.15) is 11.6 Å². The average Bonchev–Trinajstić information content (AvgIpc) is 2.10. The Morgan fingerprint density at radius 2 is 0.727 bits per heavy atom. The van der Waals surface area contributed by atoms with Gasteiger partial charge in [-0.2, -0.15) is 0 Å². The maximum atomic E-state index is 9.83. The molecule has 0 radical (unpaired) electrons. The molecule has 0 spiro atoms. The van der Waals surface area contributed by atoms with Crippen molar-refractivity contribution in [3.05, 3.63) is 0 Å². The van der Waals surface area contributed by atoms with Gasteiger partial charge in [0.15, 0.2) is 0 Å². The predicted octanol–water partition coefficient (Wildman–Crippen LogP) is -5.70. The molecule has 11 heteroatoms. The van der Waals surface area contributed by atoms with Crippen molar-refractivity contribution < 1.29 is 70.9 Å². The number of carbonyl (C=O) groups excluding carboxylic acids is 6. The second kappa shape index (κ2) is 17.0. The van der Waals surface area contributed by atoms with Crippen LogP contribution in [0.15, 0.2) is 0 Å². The summed E-state index contributed by atoms with van der Waals surface area (Å²) in [7, 11) is 0. The van der Waals surface area contributed by atoms with E-state index in [1.165, 1.54) is 13.8 Å². The normalized spacial score (nSPS) is 7.73. The molecule has 0 aliphatic carbocycles. The second-order valence-corrected chi connectivity index (χ2v) is 3.42. The minimum atomic E-state index is -1.63. The van der Waals surface area contributed by atoms with Crippen molar-refractivity contribution >= 4 is 35.4 Å². The maximum Gasteiger partial charge on any atom is 4.00 e. The van der Waals surface area contributed by atoms with E-state index in [4.69, 9.17) is 0 Å². The Labute approximate surface area is 140 Å². The third-order valence-corrected chi connectivity index (χ3v) is 1.08. The standard InChI is InChI=1S/2C4H6O3.C3H4O4.Ti/c2*1-3(5)2-4(6)7;4-2(5)1-3(6)7;/h2*2H2,1H3,(H,6,7);1H2,(H,4,5)(H,6,7);/q;;;+4/p-4. The Balaban J connectivity index is -0.000000108. The van der Waals surface area contributed by atoms with E-state index in [1.807, 2.05) is 0 Å². The average molecular weight is 352 g/mol. The summed E-state index contributed by atoms with van der Waals surface area (Å²) in [5.41, 5.74) is 0. The van der Waals surface area contributed by atoms with E-state index >= 15 is 0 Å². The Hall–Kier alpha value is -2.07. The van der Waals surface area contributed by atoms with Gasteiger partial charge in [0, 0.05) is 43.1 Å². The molecule has 0 aromatic rings. The maximum absolute atomic E-state index is 9.83. The van der Waals surface area contributed by atoms with E-state index in [0.717, 1.165) is 0 Å². The molecule has 22 heavy (non-hydrogen) atoms. The quantitative estimate of drug-likeness (QED) is 0.328. The Bertz CT molecular complexity index is 317. The summed E-state index contributed by atoms with van der Waals surface area (Å²) >= 11 is 0. The number of carboxylic acid groups (broad SMARTS) is 4. The van der Waals surface area contributed by atoms with Gasteiger partial charge in [-0.15, -0.1) is 0 Å². The van der Waals surface area contributed by atoms with Crippen molar-refractivity contribution in [1.82, 2.24) is 0 Å². The van der Waals surface area contributed by atoms with E-state index < -0.39 is 43.1 Å². The van der Waals surface area contributed by atoms with Gasteiger partial charge in [-0.25, -0.2) is 0 Å². The van der Waals surface area contributed by atoms with E-state index in [2.05, 4.69) is 0 Å². The van der Waals surface area contributed by atoms with Crippen molar-refractivity contribution in [2.45, 2.75) is 33.1 Å². The molecule has 0 rings (SSSR count). The molecule has 0 aliphatic rings. The summed E-state index contributed by atoms with van der Waals surface area (Å²) in [6.07, 6.45) is -1.97. The predicted molar refractivity (Wildman–Crippen MR) is 55.2 cm³/mol. The van der Waals surface area contributed by atoms with Crippen LogP contribution in [0.4, 0.5) is 0 Å². The SMILES string of the molecule is CC(=O)CC(=O)[O-].CC(=O)CC(=O)[O-].O=C([O-])CC(=O)[O-].[Ti+4]. The van der Waals surface area contributed by atoms with Crippen molar-refractivity contribution in [2.75, 3.05) is 0 Å². The van der Waals surface area contributed by atoms with Crippen LogP contribution in [-0.4, -0.2) is 35.4 Å². The Morgan fingerprint density at radius 1 is 0.545 bits per heavy atom. The number of Topliss-reactive ketones (excluding diaryl/α,β-unsaturated/α-hetero) is 2. The molecule has 0 heterocycles. The van der Waals surface area contributed by atoms with Crippen molar-refractivity contribution in [3.63, 3.8) is 0 Å². The third kappa shape index (κ3) is 52.1. The number of hydrogen-bond donors (Lipinski definition) is 0. The molecular weight excluding hydrogens is 340 g/mol. The number of hydrogen-bond acceptors (Lipinski definition) is 10. The van der Waals surface area contributed by atoms with Crippen LogP contribution in [0.5, 0.6) is 0 Å². The summed E-state index contributed by atoms with van der Waals surface area (Å²) in [5.74, 6) is -6.62. The molecule has 0 unspecified atom stereocenters. The van der Waals surface area contributed by atoms with Crippen molar-refractivity contribution in [2.24, 2.45) is 0 Å². The van der Waals surface area contributed by atoms with Gasteiger partial charge in [-0.3, -0.25) is 9.59 Å². The molecule has 0 aromatic heterocycles. The topological polar surface area (TPSA) is 195 Å². The summed E-state index contributed by atoms with van der Waals surface area (Å²) in [6, 6.07) is 0. The summed E-state index contributed by atoms with van der Waals surface area (Å²) in [6.45, 7) is 2.41. The Kier molecular flexibility index (Phi) is 21.7. The van der Waals surface area contributed by atoms with Gasteiger partial charge < -0.3 is 39.6 Å². The van der Waals surface area contributed by atoms with Crippen LogP contribution in [0.2, 0.25) is 0 Å². The van der Waals surface area contributed by atoms with Crippen LogP contribution >= 0.6 is 0 Å². The molecule has 10 nitrogen and oxygen atoms in total. The molecule has 0 aromatic carbocycles. The summed E-state index contributed by atoms with van der Waals surface area (Å²) in [5, 5.41) is 37.5. The van der Waals surface area contributed by atoms with Gasteiger partial charge in [-0.05, 0) is 13.8 Å². The minimum absolute atomic E-state index is 0. The third-order valence-electron chi connectivity index (χ3n) is 1.08. The number of ketones is 2. The van der Waals surface area contributed by atoms with E-state index in [9.17, 15) is 49.2 Å². The van der Waals surface area contributed by atoms with E-state index in [0.29, 0.717) is 0 Å². The Morgan fingerprint density at radius 3 is 0.727 bits per heavy atom. The molecule has 120 valence electrons. The van der Waals surface area contributed by atoms with Crippen LogP contribution in [0.25, 0.3) is 0 Å². The first kappa shape index (κ1) is 28.1. The van der Waals surface area contributed by atoms with Crippen LogP contribution in [0.1, 0.15) is 33.1 Å². The molecular formula is C11H12O10Ti. The van der Waals surface area contributed by atoms with Crippen LogP contribution in [-0.2, 0) is 50.5 Å². The zero-order valence-corrected chi connectivity index (χ0v) is 13.3. The first-order valence-electron chi connectivity index (χ1n) is 5.16. The molecule has 0 bridgehead atoms. The number of carbonyl (C=O) groups is 6. The summed E-state index contributed by atoms with van der Waals surface area (Å²) in [4.78, 5) is 57.2. The van der Waals surface area contributed by atoms with E-state index in [-0.39, 0.29) is 33.3 Å². The van der Waals surface area contributed by atoms with Gasteiger partial charge >= 0.3 is 21.7 Å². The zero-order valence-electron chi connectivity index (χ0n) is 11.7. The minimum Gasteiger partial charge on any atom is -0.550 e. The monoisotopic (exact) mass is 352 g/mol. The van der Waals surface area contributed by atoms with Gasteiger partial charge in [-0.1, -0.05) is 0 Å². The zero-order chi connectivity index (χ0) is 17.6. The van der Waals surface area contributed by atoms with Crippen LogP contribution in [0.3, 0.4) is 0 Å². The molecule has 0 atom stereocenters. The molecule has 0 saturated heterocycles. The largest absolute Gasteiger partial charge is 4.00 e. The van der Waals surface area contributed by atoms with Crippen molar-refractivity contribution in [3.8, 4) is 0 Å². The molecule has 0 aliphatic heterocycles. The second-order valence-electron chi connectivity index (χ2n) is 3.42. The molecule has 0 saturated carbocycles. The summed E-state index contributed by atoms with van der Waals surface area (Å²) < 4.78 is 0. The number of carboxylic acids is 4. The van der Waals surface area contributed by atoms with Crippen LogP contribution in [0, 0.1) is 0 Å². The van der Waals surface area contributed by atoms with Crippen LogP contribution < -0.4 is 20.4 Å². The molecule has 0 N–H and O–H groups in total. The van der Waals surface area contributed by atoms with Gasteiger partial charge in [0.25, 0.3) is 0 Å². The fraction of sp³-hybridized carbons (Fsp3) is 0.455. The molecule has 0 amide bonds. The smallest absolute Gasteiger partial charge is 0.550 e. The first-order valence-corrected chi connectivity index (χ1v) is 5.16. The van der Waals surface area contributed by atoms with E-state index in [1.54, 1.807) is 0 Å². The van der Waals surface area contributed by atoms with Gasteiger partial charge in [0.2, 0.25) is 0 Å². The number of aliphatic carboxylic acids is 4. The first-order chi connectivity index (χ1) is 9.38. The molecule has 0 fully saturated rings. The van der Waals surface area contributed by atoms with Crippen molar-refractivity contribution in [1.29, 1.82) is 0 Å². The van der Waals surface area contributed by atoms with Gasteiger partial charge in [0.05, 0.1) is 0 Å². The fourth-order valence-electron chi connectivity index (χ4n) is 0.524.